The smallest absolute Gasteiger partial charge is 0.222 e. The van der Waals surface area contributed by atoms with Crippen molar-refractivity contribution in [3.05, 3.63) is 89.5 Å². The summed E-state index contributed by atoms with van der Waals surface area (Å²) in [5.41, 5.74) is 2.37. The molecule has 0 radical (unpaired) electrons. The van der Waals surface area contributed by atoms with E-state index in [1.165, 1.54) is 6.07 Å². The van der Waals surface area contributed by atoms with Crippen molar-refractivity contribution >= 4 is 5.91 Å². The van der Waals surface area contributed by atoms with E-state index in [0.717, 1.165) is 11.1 Å². The minimum absolute atomic E-state index is 0.0523. The van der Waals surface area contributed by atoms with E-state index in [9.17, 15) is 9.18 Å². The number of amides is 1. The van der Waals surface area contributed by atoms with Crippen LogP contribution < -0.4 is 9.47 Å². The van der Waals surface area contributed by atoms with Crippen molar-refractivity contribution in [1.82, 2.24) is 9.88 Å². The lowest BCUT2D eigenvalue weighted by molar-refractivity contribution is -0.132. The fourth-order valence-corrected chi connectivity index (χ4v) is 3.09. The molecule has 6 heteroatoms. The quantitative estimate of drug-likeness (QED) is 0.513. The third kappa shape index (κ3) is 5.56. The number of hydrogen-bond donors (Lipinski definition) is 0. The second-order valence-corrected chi connectivity index (χ2v) is 6.82. The van der Waals surface area contributed by atoms with Gasteiger partial charge in [-0.25, -0.2) is 4.39 Å². The summed E-state index contributed by atoms with van der Waals surface area (Å²) in [6.45, 7) is 2.85. The molecule has 3 rings (SSSR count). The number of methoxy groups -OCH3 is 1. The Morgan fingerprint density at radius 3 is 2.43 bits per heavy atom. The van der Waals surface area contributed by atoms with Crippen molar-refractivity contribution in [3.63, 3.8) is 0 Å². The molecule has 2 aromatic carbocycles. The second-order valence-electron chi connectivity index (χ2n) is 6.82. The van der Waals surface area contributed by atoms with Crippen LogP contribution in [0.1, 0.15) is 30.0 Å². The summed E-state index contributed by atoms with van der Waals surface area (Å²) in [4.78, 5) is 18.3. The maximum absolute atomic E-state index is 13.9. The van der Waals surface area contributed by atoms with Gasteiger partial charge in [0.05, 0.1) is 7.11 Å². The zero-order chi connectivity index (χ0) is 21.3. The van der Waals surface area contributed by atoms with Crippen LogP contribution in [0.4, 0.5) is 4.39 Å². The Morgan fingerprint density at radius 1 is 1.00 bits per heavy atom. The van der Waals surface area contributed by atoms with E-state index in [-0.39, 0.29) is 18.3 Å². The number of halogens is 1. The van der Waals surface area contributed by atoms with Crippen LogP contribution in [0.5, 0.6) is 11.5 Å². The summed E-state index contributed by atoms with van der Waals surface area (Å²) in [7, 11) is 1.56. The molecule has 5 nitrogen and oxygen atoms in total. The van der Waals surface area contributed by atoms with Gasteiger partial charge in [-0.05, 0) is 41.5 Å². The predicted octanol–water partition coefficient (Wildman–Crippen LogP) is 4.75. The first kappa shape index (κ1) is 21.3. The third-order valence-electron chi connectivity index (χ3n) is 4.72. The van der Waals surface area contributed by atoms with Gasteiger partial charge in [-0.2, -0.15) is 0 Å². The number of carbonyl (C=O) groups is 1. The maximum atomic E-state index is 13.9. The van der Waals surface area contributed by atoms with E-state index in [1.54, 1.807) is 48.7 Å². The molecular formula is C24H25FN2O3. The summed E-state index contributed by atoms with van der Waals surface area (Å²) in [5, 5.41) is 0. The summed E-state index contributed by atoms with van der Waals surface area (Å²) >= 11 is 0. The SMILES string of the molecule is CCC(=O)N(Cc1ccncc1)Cc1ccc(OC)c(OCc2ccccc2F)c1. The Kier molecular flexibility index (Phi) is 7.38. The van der Waals surface area contributed by atoms with Crippen LogP contribution in [0.15, 0.2) is 67.0 Å². The minimum atomic E-state index is -0.315. The predicted molar refractivity (Wildman–Crippen MR) is 113 cm³/mol. The van der Waals surface area contributed by atoms with E-state index in [0.29, 0.717) is 36.6 Å². The highest BCUT2D eigenvalue weighted by Crippen LogP contribution is 2.30. The molecule has 0 aliphatic rings. The first-order chi connectivity index (χ1) is 14.6. The fourth-order valence-electron chi connectivity index (χ4n) is 3.09. The number of nitrogens with zero attached hydrogens (tertiary/aromatic N) is 2. The molecule has 0 fully saturated rings. The number of ether oxygens (including phenoxy) is 2. The maximum Gasteiger partial charge on any atom is 0.222 e. The molecule has 0 N–H and O–H groups in total. The molecular weight excluding hydrogens is 383 g/mol. The standard InChI is InChI=1S/C24H25FN2O3/c1-3-24(28)27(15-18-10-12-26-13-11-18)16-19-8-9-22(29-2)23(14-19)30-17-20-6-4-5-7-21(20)25/h4-14H,3,15-17H2,1-2H3. The average Bonchev–Trinajstić information content (AvgIpc) is 2.78. The molecule has 0 spiro atoms. The minimum Gasteiger partial charge on any atom is -0.493 e. The van der Waals surface area contributed by atoms with Crippen LogP contribution in [0, 0.1) is 5.82 Å². The molecule has 0 saturated carbocycles. The molecule has 0 aliphatic carbocycles. The zero-order valence-corrected chi connectivity index (χ0v) is 17.2. The van der Waals surface area contributed by atoms with Crippen LogP contribution in [-0.4, -0.2) is 22.9 Å². The van der Waals surface area contributed by atoms with Gasteiger partial charge in [0, 0.05) is 37.5 Å². The molecule has 1 amide bonds. The van der Waals surface area contributed by atoms with E-state index >= 15 is 0 Å². The molecule has 3 aromatic rings. The Morgan fingerprint density at radius 2 is 1.73 bits per heavy atom. The normalized spacial score (nSPS) is 10.5. The van der Waals surface area contributed by atoms with Gasteiger partial charge in [0.15, 0.2) is 11.5 Å². The van der Waals surface area contributed by atoms with Gasteiger partial charge in [0.1, 0.15) is 12.4 Å². The topological polar surface area (TPSA) is 51.7 Å². The molecule has 0 unspecified atom stereocenters. The van der Waals surface area contributed by atoms with Crippen molar-refractivity contribution in [2.24, 2.45) is 0 Å². The van der Waals surface area contributed by atoms with E-state index in [1.807, 2.05) is 31.2 Å². The van der Waals surface area contributed by atoms with Crippen LogP contribution in [0.25, 0.3) is 0 Å². The third-order valence-corrected chi connectivity index (χ3v) is 4.72. The zero-order valence-electron chi connectivity index (χ0n) is 17.2. The lowest BCUT2D eigenvalue weighted by atomic mass is 10.1. The molecule has 0 aliphatic heterocycles. The highest BCUT2D eigenvalue weighted by molar-refractivity contribution is 5.75. The van der Waals surface area contributed by atoms with Gasteiger partial charge >= 0.3 is 0 Å². The van der Waals surface area contributed by atoms with Gasteiger partial charge in [0.25, 0.3) is 0 Å². The van der Waals surface area contributed by atoms with Crippen LogP contribution in [0.3, 0.4) is 0 Å². The number of pyridine rings is 1. The monoisotopic (exact) mass is 408 g/mol. The lowest BCUT2D eigenvalue weighted by Gasteiger charge is -2.23. The summed E-state index contributed by atoms with van der Waals surface area (Å²) in [5.74, 6) is 0.796. The van der Waals surface area contributed by atoms with Crippen molar-refractivity contribution in [2.75, 3.05) is 7.11 Å². The summed E-state index contributed by atoms with van der Waals surface area (Å²) < 4.78 is 25.1. The summed E-state index contributed by atoms with van der Waals surface area (Å²) in [6.07, 6.45) is 3.84. The number of benzene rings is 2. The van der Waals surface area contributed by atoms with Gasteiger partial charge in [-0.3, -0.25) is 9.78 Å². The number of aromatic nitrogens is 1. The van der Waals surface area contributed by atoms with Gasteiger partial charge in [-0.15, -0.1) is 0 Å². The molecule has 1 aromatic heterocycles. The highest BCUT2D eigenvalue weighted by Gasteiger charge is 2.15. The molecule has 0 bridgehead atoms. The van der Waals surface area contributed by atoms with Crippen LogP contribution in [0.2, 0.25) is 0 Å². The first-order valence-electron chi connectivity index (χ1n) is 9.80. The van der Waals surface area contributed by atoms with Crippen molar-refractivity contribution < 1.29 is 18.7 Å². The first-order valence-corrected chi connectivity index (χ1v) is 9.80. The van der Waals surface area contributed by atoms with Crippen LogP contribution >= 0.6 is 0 Å². The van der Waals surface area contributed by atoms with Crippen molar-refractivity contribution in [1.29, 1.82) is 0 Å². The average molecular weight is 408 g/mol. The van der Waals surface area contributed by atoms with E-state index in [4.69, 9.17) is 9.47 Å². The van der Waals surface area contributed by atoms with E-state index < -0.39 is 0 Å². The van der Waals surface area contributed by atoms with Gasteiger partial charge in [0.2, 0.25) is 5.91 Å². The Labute approximate surface area is 176 Å². The van der Waals surface area contributed by atoms with Crippen LogP contribution in [-0.2, 0) is 24.5 Å². The Hall–Kier alpha value is -3.41. The van der Waals surface area contributed by atoms with Gasteiger partial charge in [-0.1, -0.05) is 31.2 Å². The Balaban J connectivity index is 1.78. The Bertz CT molecular complexity index is 979. The molecule has 1 heterocycles. The van der Waals surface area contributed by atoms with Gasteiger partial charge < -0.3 is 14.4 Å². The molecule has 156 valence electrons. The second kappa shape index (κ2) is 10.4. The largest absolute Gasteiger partial charge is 0.493 e. The summed E-state index contributed by atoms with van der Waals surface area (Å²) in [6, 6.07) is 15.8. The lowest BCUT2D eigenvalue weighted by Crippen LogP contribution is -2.29. The number of rotatable bonds is 9. The fraction of sp³-hybridized carbons (Fsp3) is 0.250. The highest BCUT2D eigenvalue weighted by atomic mass is 19.1. The molecule has 0 saturated heterocycles. The van der Waals surface area contributed by atoms with Crippen molar-refractivity contribution in [2.45, 2.75) is 33.0 Å². The van der Waals surface area contributed by atoms with Crippen molar-refractivity contribution in [3.8, 4) is 11.5 Å². The van der Waals surface area contributed by atoms with E-state index in [2.05, 4.69) is 4.98 Å². The number of carbonyl (C=O) groups excluding carboxylic acids is 1. The molecule has 30 heavy (non-hydrogen) atoms. The number of hydrogen-bond acceptors (Lipinski definition) is 4. The molecule has 0 atom stereocenters.